The maximum Gasteiger partial charge on any atom is 0.331 e. The fourth-order valence-electron chi connectivity index (χ4n) is 2.16. The molecule has 23 heavy (non-hydrogen) atoms. The van der Waals surface area contributed by atoms with Crippen LogP contribution in [0.1, 0.15) is 15.9 Å². The largest absolute Gasteiger partial charge is 0.450 e. The highest BCUT2D eigenvalue weighted by Crippen LogP contribution is 2.10. The van der Waals surface area contributed by atoms with Crippen molar-refractivity contribution in [1.29, 1.82) is 0 Å². The number of carbonyl (C=O) groups is 2. The van der Waals surface area contributed by atoms with Crippen LogP contribution in [0.15, 0.2) is 54.6 Å². The Morgan fingerprint density at radius 2 is 1.74 bits per heavy atom. The van der Waals surface area contributed by atoms with Gasteiger partial charge in [0.15, 0.2) is 0 Å². The van der Waals surface area contributed by atoms with Crippen LogP contribution < -0.4 is 10.6 Å². The number of carbonyl (C=O) groups excluding carboxylic acids is 2. The molecule has 0 aliphatic carbocycles. The van der Waals surface area contributed by atoms with E-state index in [0.29, 0.717) is 12.0 Å². The highest BCUT2D eigenvalue weighted by molar-refractivity contribution is 7.10. The Labute approximate surface area is 137 Å². The molecule has 0 bridgehead atoms. The molecule has 2 N–H and O–H groups in total. The molecule has 0 saturated heterocycles. The Morgan fingerprint density at radius 1 is 1.09 bits per heavy atom. The molecule has 1 amide bonds. The number of rotatable bonds is 6. The molecule has 0 spiro atoms. The van der Waals surface area contributed by atoms with Crippen LogP contribution >= 0.6 is 9.47 Å². The molecule has 2 aromatic rings. The molecule has 0 saturated carbocycles. The van der Waals surface area contributed by atoms with E-state index in [9.17, 15) is 9.59 Å². The summed E-state index contributed by atoms with van der Waals surface area (Å²) in [6, 6.07) is 15.7. The van der Waals surface area contributed by atoms with Gasteiger partial charge in [-0.15, -0.1) is 0 Å². The SMILES string of the molecule is CNc1ccc(C(=O)NC(Cc2ccccc2)C(=O)OP)cc1. The van der Waals surface area contributed by atoms with Crippen molar-refractivity contribution in [2.24, 2.45) is 0 Å². The van der Waals surface area contributed by atoms with E-state index in [4.69, 9.17) is 4.52 Å². The summed E-state index contributed by atoms with van der Waals surface area (Å²) in [5.74, 6) is -0.817. The summed E-state index contributed by atoms with van der Waals surface area (Å²) in [5.41, 5.74) is 2.34. The van der Waals surface area contributed by atoms with Crippen LogP contribution in [-0.4, -0.2) is 25.0 Å². The second kappa shape index (κ2) is 8.30. The number of benzene rings is 2. The summed E-state index contributed by atoms with van der Waals surface area (Å²) in [7, 11) is 3.73. The van der Waals surface area contributed by atoms with Crippen molar-refractivity contribution in [1.82, 2.24) is 5.32 Å². The molecule has 0 aliphatic heterocycles. The lowest BCUT2D eigenvalue weighted by Gasteiger charge is -2.16. The van der Waals surface area contributed by atoms with Gasteiger partial charge in [-0.1, -0.05) is 30.3 Å². The van der Waals surface area contributed by atoms with Gasteiger partial charge in [-0.05, 0) is 29.8 Å². The van der Waals surface area contributed by atoms with Crippen LogP contribution in [0.4, 0.5) is 5.69 Å². The standard InChI is InChI=1S/C17H19N2O3P/c1-18-14-9-7-13(8-10-14)16(20)19-15(17(21)22-23)11-12-5-3-2-4-6-12/h2-10,15,18H,11,23H2,1H3,(H,19,20). The van der Waals surface area contributed by atoms with Crippen molar-refractivity contribution in [2.75, 3.05) is 12.4 Å². The molecule has 0 heterocycles. The molecule has 0 aromatic heterocycles. The molecule has 0 aliphatic rings. The molecule has 6 heteroatoms. The maximum atomic E-state index is 12.3. The van der Waals surface area contributed by atoms with Crippen LogP contribution in [0, 0.1) is 0 Å². The Hall–Kier alpha value is -2.39. The summed E-state index contributed by atoms with van der Waals surface area (Å²) >= 11 is 0. The molecule has 2 atom stereocenters. The van der Waals surface area contributed by atoms with Crippen molar-refractivity contribution in [3.05, 3.63) is 65.7 Å². The number of anilines is 1. The number of hydrogen-bond donors (Lipinski definition) is 2. The first-order valence-electron chi connectivity index (χ1n) is 7.17. The second-order valence-electron chi connectivity index (χ2n) is 4.98. The predicted octanol–water partition coefficient (Wildman–Crippen LogP) is 2.40. The van der Waals surface area contributed by atoms with Crippen LogP contribution in [0.5, 0.6) is 0 Å². The van der Waals surface area contributed by atoms with E-state index >= 15 is 0 Å². The first kappa shape index (κ1) is 17.0. The van der Waals surface area contributed by atoms with Crippen LogP contribution in [0.2, 0.25) is 0 Å². The number of amides is 1. The van der Waals surface area contributed by atoms with Crippen molar-refractivity contribution in [3.63, 3.8) is 0 Å². The fraction of sp³-hybridized carbons (Fsp3) is 0.176. The van der Waals surface area contributed by atoms with Crippen molar-refractivity contribution >= 4 is 27.0 Å². The van der Waals surface area contributed by atoms with Gasteiger partial charge in [0.25, 0.3) is 5.91 Å². The minimum absolute atomic E-state index is 0.316. The van der Waals surface area contributed by atoms with E-state index in [1.165, 1.54) is 0 Å². The summed E-state index contributed by atoms with van der Waals surface area (Å²) < 4.78 is 4.71. The minimum Gasteiger partial charge on any atom is -0.450 e. The molecule has 2 aromatic carbocycles. The molecule has 2 rings (SSSR count). The maximum absolute atomic E-state index is 12.3. The molecule has 2 unspecified atom stereocenters. The van der Waals surface area contributed by atoms with E-state index in [2.05, 4.69) is 10.6 Å². The summed E-state index contributed by atoms with van der Waals surface area (Å²) in [5, 5.41) is 5.71. The van der Waals surface area contributed by atoms with Gasteiger partial charge >= 0.3 is 5.97 Å². The summed E-state index contributed by atoms with van der Waals surface area (Å²) in [6.07, 6.45) is 0.369. The topological polar surface area (TPSA) is 67.4 Å². The summed E-state index contributed by atoms with van der Waals surface area (Å²) in [4.78, 5) is 24.2. The molecule has 0 radical (unpaired) electrons. The lowest BCUT2D eigenvalue weighted by atomic mass is 10.1. The van der Waals surface area contributed by atoms with Gasteiger partial charge in [-0.2, -0.15) is 0 Å². The van der Waals surface area contributed by atoms with Gasteiger partial charge in [0.05, 0.1) is 9.47 Å². The second-order valence-corrected chi connectivity index (χ2v) is 5.22. The third-order valence-electron chi connectivity index (χ3n) is 3.42. The third-order valence-corrected chi connectivity index (χ3v) is 3.66. The van der Waals surface area contributed by atoms with Crippen LogP contribution in [0.25, 0.3) is 0 Å². The van der Waals surface area contributed by atoms with Gasteiger partial charge in [0.2, 0.25) is 0 Å². The zero-order chi connectivity index (χ0) is 16.7. The van der Waals surface area contributed by atoms with Gasteiger partial charge in [-0.25, -0.2) is 4.79 Å². The average molecular weight is 330 g/mol. The van der Waals surface area contributed by atoms with Crippen LogP contribution in [-0.2, 0) is 15.7 Å². The number of hydrogen-bond acceptors (Lipinski definition) is 4. The Morgan fingerprint density at radius 3 is 2.30 bits per heavy atom. The zero-order valence-electron chi connectivity index (χ0n) is 12.8. The monoisotopic (exact) mass is 330 g/mol. The van der Waals surface area contributed by atoms with Crippen molar-refractivity contribution in [2.45, 2.75) is 12.5 Å². The smallest absolute Gasteiger partial charge is 0.331 e. The molecule has 5 nitrogen and oxygen atoms in total. The molecule has 120 valence electrons. The van der Waals surface area contributed by atoms with E-state index in [1.807, 2.05) is 39.8 Å². The Balaban J connectivity index is 2.10. The van der Waals surface area contributed by atoms with Gasteiger partial charge in [0.1, 0.15) is 6.04 Å². The molecular formula is C17H19N2O3P. The quantitative estimate of drug-likeness (QED) is 0.798. The lowest BCUT2D eigenvalue weighted by Crippen LogP contribution is -2.42. The third kappa shape index (κ3) is 4.80. The Kier molecular flexibility index (Phi) is 6.12. The van der Waals surface area contributed by atoms with E-state index < -0.39 is 12.0 Å². The van der Waals surface area contributed by atoms with E-state index in [1.54, 1.807) is 31.3 Å². The van der Waals surface area contributed by atoms with Gasteiger partial charge in [0, 0.05) is 24.7 Å². The molecule has 0 fully saturated rings. The Bertz CT molecular complexity index is 659. The van der Waals surface area contributed by atoms with Gasteiger partial charge in [-0.3, -0.25) is 4.79 Å². The van der Waals surface area contributed by atoms with Crippen molar-refractivity contribution in [3.8, 4) is 0 Å². The highest BCUT2D eigenvalue weighted by atomic mass is 31.0. The van der Waals surface area contributed by atoms with Crippen LogP contribution in [0.3, 0.4) is 0 Å². The van der Waals surface area contributed by atoms with Gasteiger partial charge < -0.3 is 15.2 Å². The number of nitrogens with one attached hydrogen (secondary N) is 2. The van der Waals surface area contributed by atoms with Crippen molar-refractivity contribution < 1.29 is 14.1 Å². The minimum atomic E-state index is -0.744. The first-order chi connectivity index (χ1) is 11.1. The summed E-state index contributed by atoms with van der Waals surface area (Å²) in [6.45, 7) is 0. The average Bonchev–Trinajstić information content (AvgIpc) is 2.61. The highest BCUT2D eigenvalue weighted by Gasteiger charge is 2.22. The molecular weight excluding hydrogens is 311 g/mol. The lowest BCUT2D eigenvalue weighted by molar-refractivity contribution is -0.135. The zero-order valence-corrected chi connectivity index (χ0v) is 13.9. The normalized spacial score (nSPS) is 11.4. The first-order valence-corrected chi connectivity index (χ1v) is 7.64. The van der Waals surface area contributed by atoms with E-state index in [0.717, 1.165) is 11.3 Å². The predicted molar refractivity (Wildman–Crippen MR) is 93.2 cm³/mol. The van der Waals surface area contributed by atoms with E-state index in [-0.39, 0.29) is 5.91 Å². The fourth-order valence-corrected chi connectivity index (χ4v) is 2.32.